The molecule has 1 aromatic heterocycles. The van der Waals surface area contributed by atoms with Crippen molar-refractivity contribution in [2.75, 3.05) is 6.61 Å². The lowest BCUT2D eigenvalue weighted by molar-refractivity contribution is -0.131. The van der Waals surface area contributed by atoms with E-state index < -0.39 is 23.5 Å². The molecular weight excluding hydrogens is 304 g/mol. The van der Waals surface area contributed by atoms with Gasteiger partial charge in [0.2, 0.25) is 6.10 Å². The topological polar surface area (TPSA) is 122 Å². The van der Waals surface area contributed by atoms with Crippen LogP contribution < -0.4 is 25.9 Å². The number of hydrogen-bond donors (Lipinski definition) is 3. The first kappa shape index (κ1) is 14.6. The number of benzene rings is 1. The molecule has 9 nitrogen and oxygen atoms in total. The summed E-state index contributed by atoms with van der Waals surface area (Å²) in [6, 6.07) is 9.34. The summed E-state index contributed by atoms with van der Waals surface area (Å²) >= 11 is 0. The fourth-order valence-electron chi connectivity index (χ4n) is 1.88. The molecule has 3 rings (SSSR count). The lowest BCUT2D eigenvalue weighted by Crippen LogP contribution is -2.51. The van der Waals surface area contributed by atoms with Crippen molar-refractivity contribution in [1.82, 2.24) is 21.0 Å². The SMILES string of the molecule is O=C(NNC(=O)[C@H]1COc2ccccc2O1)c1ccc(=O)[nH]n1. The largest absolute Gasteiger partial charge is 0.485 e. The van der Waals surface area contributed by atoms with Gasteiger partial charge in [0.05, 0.1) is 0 Å². The molecule has 1 aliphatic rings. The minimum atomic E-state index is -0.895. The van der Waals surface area contributed by atoms with Crippen molar-refractivity contribution in [3.8, 4) is 11.5 Å². The van der Waals surface area contributed by atoms with Gasteiger partial charge in [-0.15, -0.1) is 0 Å². The van der Waals surface area contributed by atoms with Crippen molar-refractivity contribution >= 4 is 11.8 Å². The number of fused-ring (bicyclic) bond motifs is 1. The van der Waals surface area contributed by atoms with Crippen molar-refractivity contribution in [3.05, 3.63) is 52.4 Å². The summed E-state index contributed by atoms with van der Waals surface area (Å²) < 4.78 is 10.9. The Hall–Kier alpha value is -3.36. The number of carbonyl (C=O) groups is 2. The zero-order chi connectivity index (χ0) is 16.2. The third-order valence-corrected chi connectivity index (χ3v) is 3.01. The van der Waals surface area contributed by atoms with Gasteiger partial charge in [0, 0.05) is 6.07 Å². The molecule has 1 atom stereocenters. The monoisotopic (exact) mass is 316 g/mol. The number of hydrogen-bond acceptors (Lipinski definition) is 6. The molecule has 118 valence electrons. The molecule has 1 aliphatic heterocycles. The predicted octanol–water partition coefficient (Wildman–Crippen LogP) is -0.629. The molecule has 0 aliphatic carbocycles. The Morgan fingerprint density at radius 3 is 2.65 bits per heavy atom. The zero-order valence-electron chi connectivity index (χ0n) is 11.7. The van der Waals surface area contributed by atoms with Crippen molar-refractivity contribution in [2.24, 2.45) is 0 Å². The van der Waals surface area contributed by atoms with E-state index in [-0.39, 0.29) is 12.3 Å². The molecule has 3 N–H and O–H groups in total. The lowest BCUT2D eigenvalue weighted by Gasteiger charge is -2.25. The van der Waals surface area contributed by atoms with Gasteiger partial charge in [-0.25, -0.2) is 5.10 Å². The van der Waals surface area contributed by atoms with Gasteiger partial charge >= 0.3 is 0 Å². The fourth-order valence-corrected chi connectivity index (χ4v) is 1.88. The van der Waals surface area contributed by atoms with Gasteiger partial charge in [-0.1, -0.05) is 12.1 Å². The second-order valence-electron chi connectivity index (χ2n) is 4.61. The molecule has 0 unspecified atom stereocenters. The van der Waals surface area contributed by atoms with E-state index in [2.05, 4.69) is 21.0 Å². The van der Waals surface area contributed by atoms with Crippen LogP contribution in [-0.2, 0) is 4.79 Å². The number of hydrazine groups is 1. The maximum atomic E-state index is 12.0. The van der Waals surface area contributed by atoms with Crippen molar-refractivity contribution in [1.29, 1.82) is 0 Å². The van der Waals surface area contributed by atoms with E-state index in [4.69, 9.17) is 9.47 Å². The van der Waals surface area contributed by atoms with E-state index in [1.165, 1.54) is 6.07 Å². The van der Waals surface area contributed by atoms with Gasteiger partial charge in [-0.2, -0.15) is 5.10 Å². The first-order valence-electron chi connectivity index (χ1n) is 6.68. The number of nitrogens with one attached hydrogen (secondary N) is 3. The number of amides is 2. The third-order valence-electron chi connectivity index (χ3n) is 3.01. The van der Waals surface area contributed by atoms with Crippen LogP contribution in [0.5, 0.6) is 11.5 Å². The summed E-state index contributed by atoms with van der Waals surface area (Å²) in [5.74, 6) is -0.241. The summed E-state index contributed by atoms with van der Waals surface area (Å²) in [6.07, 6.45) is -0.895. The number of nitrogens with zero attached hydrogens (tertiary/aromatic N) is 1. The van der Waals surface area contributed by atoms with Gasteiger partial charge in [0.25, 0.3) is 17.4 Å². The highest BCUT2D eigenvalue weighted by atomic mass is 16.6. The molecule has 0 spiro atoms. The average Bonchev–Trinajstić information content (AvgIpc) is 2.59. The van der Waals surface area contributed by atoms with Crippen LogP contribution in [0.25, 0.3) is 0 Å². The van der Waals surface area contributed by atoms with Crippen molar-refractivity contribution in [3.63, 3.8) is 0 Å². The van der Waals surface area contributed by atoms with Crippen LogP contribution in [0.4, 0.5) is 0 Å². The van der Waals surface area contributed by atoms with E-state index in [1.807, 2.05) is 0 Å². The van der Waals surface area contributed by atoms with Crippen LogP contribution in [0.3, 0.4) is 0 Å². The number of aromatic amines is 1. The van der Waals surface area contributed by atoms with Gasteiger partial charge in [0.1, 0.15) is 6.61 Å². The van der Waals surface area contributed by atoms with Crippen LogP contribution in [0.15, 0.2) is 41.2 Å². The van der Waals surface area contributed by atoms with Gasteiger partial charge < -0.3 is 9.47 Å². The molecule has 2 heterocycles. The summed E-state index contributed by atoms with van der Waals surface area (Å²) in [6.45, 7) is 0.0234. The smallest absolute Gasteiger partial charge is 0.290 e. The average molecular weight is 316 g/mol. The standard InChI is InChI=1S/C14H12N4O5/c19-12-6-5-8(15-16-12)13(20)17-18-14(21)11-7-22-9-3-1-2-4-10(9)23-11/h1-6,11H,7H2,(H,16,19)(H,17,20)(H,18,21)/t11-/m1/s1. The van der Waals surface area contributed by atoms with Crippen LogP contribution in [0, 0.1) is 0 Å². The first-order chi connectivity index (χ1) is 11.1. The Bertz CT molecular complexity index is 783. The van der Waals surface area contributed by atoms with Gasteiger partial charge in [-0.3, -0.25) is 25.2 Å². The Morgan fingerprint density at radius 2 is 1.91 bits per heavy atom. The first-order valence-corrected chi connectivity index (χ1v) is 6.68. The number of H-pyrrole nitrogens is 1. The fraction of sp³-hybridized carbons (Fsp3) is 0.143. The molecular formula is C14H12N4O5. The third kappa shape index (κ3) is 3.28. The quantitative estimate of drug-likeness (QED) is 0.634. The molecule has 0 bridgehead atoms. The lowest BCUT2D eigenvalue weighted by atomic mass is 10.2. The number of carbonyl (C=O) groups excluding carboxylic acids is 2. The van der Waals surface area contributed by atoms with E-state index in [1.54, 1.807) is 24.3 Å². The minimum Gasteiger partial charge on any atom is -0.485 e. The van der Waals surface area contributed by atoms with Gasteiger partial charge in [0.15, 0.2) is 17.2 Å². The number of ether oxygens (including phenoxy) is 2. The van der Waals surface area contributed by atoms with E-state index in [0.29, 0.717) is 11.5 Å². The summed E-state index contributed by atoms with van der Waals surface area (Å²) in [5.41, 5.74) is 3.92. The second-order valence-corrected chi connectivity index (χ2v) is 4.61. The Balaban J connectivity index is 1.57. The van der Waals surface area contributed by atoms with Crippen LogP contribution >= 0.6 is 0 Å². The highest BCUT2D eigenvalue weighted by molar-refractivity contribution is 5.94. The van der Waals surface area contributed by atoms with Crippen LogP contribution in [0.1, 0.15) is 10.5 Å². The minimum absolute atomic E-state index is 0.0234. The van der Waals surface area contributed by atoms with Crippen LogP contribution in [-0.4, -0.2) is 34.7 Å². The summed E-state index contributed by atoms with van der Waals surface area (Å²) in [7, 11) is 0. The Kier molecular flexibility index (Phi) is 3.91. The number of rotatable bonds is 2. The molecule has 0 fully saturated rings. The summed E-state index contributed by atoms with van der Waals surface area (Å²) in [4.78, 5) is 34.6. The van der Waals surface area contributed by atoms with Gasteiger partial charge in [-0.05, 0) is 18.2 Å². The highest BCUT2D eigenvalue weighted by Crippen LogP contribution is 2.30. The highest BCUT2D eigenvalue weighted by Gasteiger charge is 2.27. The Labute approximate surface area is 129 Å². The number of para-hydroxylation sites is 2. The number of aromatic nitrogens is 2. The predicted molar refractivity (Wildman–Crippen MR) is 76.8 cm³/mol. The molecule has 1 aromatic carbocycles. The second kappa shape index (κ2) is 6.18. The molecule has 23 heavy (non-hydrogen) atoms. The van der Waals surface area contributed by atoms with E-state index in [0.717, 1.165) is 6.07 Å². The maximum Gasteiger partial charge on any atom is 0.290 e. The Morgan fingerprint density at radius 1 is 1.13 bits per heavy atom. The maximum absolute atomic E-state index is 12.0. The normalized spacial score (nSPS) is 15.6. The molecule has 9 heteroatoms. The van der Waals surface area contributed by atoms with E-state index >= 15 is 0 Å². The molecule has 2 aromatic rings. The molecule has 0 saturated carbocycles. The van der Waals surface area contributed by atoms with Crippen molar-refractivity contribution in [2.45, 2.75) is 6.10 Å². The summed E-state index contributed by atoms with van der Waals surface area (Å²) in [5, 5.41) is 5.66. The van der Waals surface area contributed by atoms with E-state index in [9.17, 15) is 14.4 Å². The molecule has 0 radical (unpaired) electrons. The van der Waals surface area contributed by atoms with Crippen LogP contribution in [0.2, 0.25) is 0 Å². The molecule has 0 saturated heterocycles. The van der Waals surface area contributed by atoms with Crippen molar-refractivity contribution < 1.29 is 19.1 Å². The zero-order valence-corrected chi connectivity index (χ0v) is 11.7. The molecule has 2 amide bonds.